The lowest BCUT2D eigenvalue weighted by atomic mass is 10.1. The lowest BCUT2D eigenvalue weighted by molar-refractivity contribution is -0.125. The van der Waals surface area contributed by atoms with Crippen LogP contribution in [-0.2, 0) is 30.2 Å². The van der Waals surface area contributed by atoms with Crippen LogP contribution >= 0.6 is 11.6 Å². The normalized spacial score (nSPS) is 13.3. The third-order valence-electron chi connectivity index (χ3n) is 7.76. The Hall–Kier alpha value is -3.44. The summed E-state index contributed by atoms with van der Waals surface area (Å²) in [6.45, 7) is 5.20. The molecule has 10 nitrogen and oxygen atoms in total. The van der Waals surface area contributed by atoms with E-state index in [-0.39, 0.29) is 30.1 Å². The Kier molecular flexibility index (Phi) is 13.0. The van der Waals surface area contributed by atoms with Gasteiger partial charge >= 0.3 is 0 Å². The fourth-order valence-corrected chi connectivity index (χ4v) is 5.53. The van der Waals surface area contributed by atoms with Crippen molar-refractivity contribution in [2.45, 2.75) is 39.0 Å². The van der Waals surface area contributed by atoms with Gasteiger partial charge in [0, 0.05) is 40.7 Å². The number of rotatable bonds is 17. The second-order valence-corrected chi connectivity index (χ2v) is 11.2. The maximum atomic E-state index is 13.4. The van der Waals surface area contributed by atoms with Crippen LogP contribution in [0, 0.1) is 12.8 Å². The number of carbonyl (C=O) groups excluding carboxylic acids is 3. The molecule has 2 aromatic carbocycles. The smallest absolute Gasteiger partial charge is 0.262 e. The van der Waals surface area contributed by atoms with Gasteiger partial charge in [-0.3, -0.25) is 19.0 Å². The number of benzene rings is 2. The molecule has 1 saturated carbocycles. The van der Waals surface area contributed by atoms with Crippen molar-refractivity contribution in [2.24, 2.45) is 5.92 Å². The maximum Gasteiger partial charge on any atom is 0.262 e. The first-order valence-corrected chi connectivity index (χ1v) is 15.5. The molecule has 0 unspecified atom stereocenters. The highest BCUT2D eigenvalue weighted by Gasteiger charge is 2.23. The Balaban J connectivity index is 1.14. The van der Waals surface area contributed by atoms with Gasteiger partial charge in [-0.2, -0.15) is 0 Å². The van der Waals surface area contributed by atoms with E-state index in [0.717, 1.165) is 36.6 Å². The van der Waals surface area contributed by atoms with E-state index in [1.54, 1.807) is 42.0 Å². The molecule has 0 bridgehead atoms. The molecule has 0 aliphatic heterocycles. The average Bonchev–Trinajstić information content (AvgIpc) is 3.66. The van der Waals surface area contributed by atoms with E-state index in [1.807, 2.05) is 19.1 Å². The molecule has 1 aromatic heterocycles. The molecular formula is C33H42ClN3O7. The van der Waals surface area contributed by atoms with Gasteiger partial charge in [0.2, 0.25) is 11.8 Å². The SMILES string of the molecule is COc1ccc2c(c1)c(CC(=O)NCCOCCOCCOCCNC(=O)C1CCCC1)c(C)n2C(=O)c1ccc(Cl)cc1. The summed E-state index contributed by atoms with van der Waals surface area (Å²) in [5.41, 5.74) is 2.64. The van der Waals surface area contributed by atoms with Crippen molar-refractivity contribution >= 4 is 40.2 Å². The van der Waals surface area contributed by atoms with Crippen molar-refractivity contribution in [3.05, 3.63) is 64.3 Å². The second-order valence-electron chi connectivity index (χ2n) is 10.7. The molecule has 0 atom stereocenters. The summed E-state index contributed by atoms with van der Waals surface area (Å²) in [7, 11) is 1.58. The molecule has 2 amide bonds. The summed E-state index contributed by atoms with van der Waals surface area (Å²) >= 11 is 6.01. The van der Waals surface area contributed by atoms with Gasteiger partial charge in [0.05, 0.1) is 58.7 Å². The third-order valence-corrected chi connectivity index (χ3v) is 8.01. The summed E-state index contributed by atoms with van der Waals surface area (Å²) in [5.74, 6) is 0.574. The summed E-state index contributed by atoms with van der Waals surface area (Å²) in [4.78, 5) is 38.3. The van der Waals surface area contributed by atoms with Crippen LogP contribution < -0.4 is 15.4 Å². The minimum atomic E-state index is -0.203. The van der Waals surface area contributed by atoms with Crippen LogP contribution in [0.4, 0.5) is 0 Å². The molecule has 2 N–H and O–H groups in total. The monoisotopic (exact) mass is 627 g/mol. The summed E-state index contributed by atoms with van der Waals surface area (Å²) in [6.07, 6.45) is 4.37. The van der Waals surface area contributed by atoms with Gasteiger partial charge < -0.3 is 29.6 Å². The number of hydrogen-bond acceptors (Lipinski definition) is 7. The molecular weight excluding hydrogens is 586 g/mol. The number of methoxy groups -OCH3 is 1. The van der Waals surface area contributed by atoms with Crippen LogP contribution in [0.25, 0.3) is 10.9 Å². The highest BCUT2D eigenvalue weighted by molar-refractivity contribution is 6.30. The van der Waals surface area contributed by atoms with E-state index in [0.29, 0.717) is 80.3 Å². The zero-order chi connectivity index (χ0) is 31.3. The van der Waals surface area contributed by atoms with Gasteiger partial charge in [-0.05, 0) is 67.8 Å². The van der Waals surface area contributed by atoms with Gasteiger partial charge in [0.15, 0.2) is 0 Å². The van der Waals surface area contributed by atoms with Crippen LogP contribution in [0.15, 0.2) is 42.5 Å². The minimum Gasteiger partial charge on any atom is -0.497 e. The molecule has 3 aromatic rings. The van der Waals surface area contributed by atoms with Crippen LogP contribution in [0.5, 0.6) is 5.75 Å². The highest BCUT2D eigenvalue weighted by Crippen LogP contribution is 2.31. The number of nitrogens with zero attached hydrogens (tertiary/aromatic N) is 1. The Bertz CT molecular complexity index is 1400. The molecule has 44 heavy (non-hydrogen) atoms. The number of nitrogens with one attached hydrogen (secondary N) is 2. The lowest BCUT2D eigenvalue weighted by Gasteiger charge is -2.11. The standard InChI is InChI=1S/C33H42ClN3O7/c1-23-28(29-21-27(41-2)11-12-30(29)37(23)33(40)25-7-9-26(34)10-8-25)22-31(38)35-13-15-42-17-19-44-20-18-43-16-14-36-32(39)24-5-3-4-6-24/h7-12,21,24H,3-6,13-20,22H2,1-2H3,(H,35,38)(H,36,39). The van der Waals surface area contributed by atoms with Crippen molar-refractivity contribution in [1.82, 2.24) is 15.2 Å². The molecule has 0 saturated heterocycles. The predicted octanol–water partition coefficient (Wildman–Crippen LogP) is 4.32. The van der Waals surface area contributed by atoms with E-state index < -0.39 is 0 Å². The average molecular weight is 628 g/mol. The molecule has 238 valence electrons. The molecule has 1 aliphatic carbocycles. The van der Waals surface area contributed by atoms with E-state index in [9.17, 15) is 14.4 Å². The second kappa shape index (κ2) is 17.2. The van der Waals surface area contributed by atoms with Crippen LogP contribution in [0.3, 0.4) is 0 Å². The van der Waals surface area contributed by atoms with Gasteiger partial charge in [-0.25, -0.2) is 0 Å². The first-order chi connectivity index (χ1) is 21.4. The molecule has 1 heterocycles. The van der Waals surface area contributed by atoms with Crippen LogP contribution in [0.2, 0.25) is 5.02 Å². The number of carbonyl (C=O) groups is 3. The lowest BCUT2D eigenvalue weighted by Crippen LogP contribution is -2.32. The van der Waals surface area contributed by atoms with E-state index in [4.69, 9.17) is 30.5 Å². The fourth-order valence-electron chi connectivity index (χ4n) is 5.40. The molecule has 1 aliphatic rings. The number of fused-ring (bicyclic) bond motifs is 1. The van der Waals surface area contributed by atoms with Crippen molar-refractivity contribution in [3.63, 3.8) is 0 Å². The van der Waals surface area contributed by atoms with Crippen molar-refractivity contribution < 1.29 is 33.3 Å². The molecule has 4 rings (SSSR count). The Morgan fingerprint density at radius 1 is 0.864 bits per heavy atom. The number of aromatic nitrogens is 1. The number of halogens is 1. The van der Waals surface area contributed by atoms with Gasteiger partial charge in [-0.1, -0.05) is 24.4 Å². The zero-order valence-electron chi connectivity index (χ0n) is 25.5. The maximum absolute atomic E-state index is 13.4. The van der Waals surface area contributed by atoms with Crippen molar-refractivity contribution in [1.29, 1.82) is 0 Å². The van der Waals surface area contributed by atoms with E-state index in [2.05, 4.69) is 10.6 Å². The molecule has 11 heteroatoms. The Morgan fingerprint density at radius 3 is 2.11 bits per heavy atom. The third kappa shape index (κ3) is 9.28. The summed E-state index contributed by atoms with van der Waals surface area (Å²) < 4.78 is 23.6. The highest BCUT2D eigenvalue weighted by atomic mass is 35.5. The van der Waals surface area contributed by atoms with E-state index in [1.165, 1.54) is 0 Å². The zero-order valence-corrected chi connectivity index (χ0v) is 26.3. The van der Waals surface area contributed by atoms with Crippen molar-refractivity contribution in [3.8, 4) is 5.75 Å². The van der Waals surface area contributed by atoms with Crippen LogP contribution in [-0.4, -0.2) is 82.1 Å². The Labute approximate surface area is 263 Å². The quantitative estimate of drug-likeness (QED) is 0.214. The summed E-state index contributed by atoms with van der Waals surface area (Å²) in [5, 5.41) is 7.15. The van der Waals surface area contributed by atoms with Gasteiger partial charge in [-0.15, -0.1) is 0 Å². The largest absolute Gasteiger partial charge is 0.497 e. The van der Waals surface area contributed by atoms with E-state index >= 15 is 0 Å². The molecule has 1 fully saturated rings. The van der Waals surface area contributed by atoms with Gasteiger partial charge in [0.1, 0.15) is 5.75 Å². The van der Waals surface area contributed by atoms with Gasteiger partial charge in [0.25, 0.3) is 5.91 Å². The minimum absolute atomic E-state index is 0.101. The Morgan fingerprint density at radius 2 is 1.48 bits per heavy atom. The summed E-state index contributed by atoms with van der Waals surface area (Å²) in [6, 6.07) is 12.2. The molecule has 0 radical (unpaired) electrons. The van der Waals surface area contributed by atoms with Crippen LogP contribution in [0.1, 0.15) is 47.3 Å². The molecule has 0 spiro atoms. The number of hydrogen-bond donors (Lipinski definition) is 2. The number of ether oxygens (including phenoxy) is 4. The topological polar surface area (TPSA) is 117 Å². The predicted molar refractivity (Wildman–Crippen MR) is 169 cm³/mol. The first-order valence-electron chi connectivity index (χ1n) is 15.1. The fraction of sp³-hybridized carbons (Fsp3) is 0.485. The van der Waals surface area contributed by atoms with Crippen molar-refractivity contribution in [2.75, 3.05) is 59.8 Å². The number of amides is 2. The first kappa shape index (κ1) is 33.5.